The molecule has 3 heterocycles. The highest BCUT2D eigenvalue weighted by molar-refractivity contribution is 6.23. The molecular weight excluding hydrogens is 654 g/mol. The number of carbonyl (C=O) groups is 4. The minimum Gasteiger partial charge on any atom is -0.491 e. The molecule has 6 atom stereocenters. The molecule has 2 saturated heterocycles. The van der Waals surface area contributed by atoms with Crippen LogP contribution in [0, 0.1) is 5.92 Å². The van der Waals surface area contributed by atoms with Crippen LogP contribution in [-0.2, 0) is 34.0 Å². The summed E-state index contributed by atoms with van der Waals surface area (Å²) in [5.41, 5.74) is 6.75. The second kappa shape index (κ2) is 14.0. The molecule has 0 saturated carbocycles. The lowest BCUT2D eigenvalue weighted by Crippen LogP contribution is -2.55. The Morgan fingerprint density at radius 3 is 2.16 bits per heavy atom. The zero-order chi connectivity index (χ0) is 35.7. The smallest absolute Gasteiger partial charge is 0.421 e. The maximum Gasteiger partial charge on any atom is 0.421 e. The fourth-order valence-corrected chi connectivity index (χ4v) is 8.11. The van der Waals surface area contributed by atoms with Crippen LogP contribution in [0.2, 0.25) is 0 Å². The molecule has 4 aromatic carbocycles. The summed E-state index contributed by atoms with van der Waals surface area (Å²) < 4.78 is 22.9. The van der Waals surface area contributed by atoms with E-state index in [0.29, 0.717) is 22.4 Å². The van der Waals surface area contributed by atoms with Gasteiger partial charge in [-0.3, -0.25) is 19.3 Å². The van der Waals surface area contributed by atoms with Crippen LogP contribution in [0.5, 0.6) is 5.75 Å². The normalized spacial score (nSPS) is 25.3. The number of anilines is 1. The van der Waals surface area contributed by atoms with Crippen LogP contribution in [-0.4, -0.2) is 73.5 Å². The van der Waals surface area contributed by atoms with Crippen molar-refractivity contribution in [1.82, 2.24) is 4.90 Å². The van der Waals surface area contributed by atoms with Gasteiger partial charge in [0, 0.05) is 12.7 Å². The van der Waals surface area contributed by atoms with Crippen LogP contribution >= 0.6 is 0 Å². The number of primary amides is 1. The van der Waals surface area contributed by atoms with Gasteiger partial charge in [-0.05, 0) is 28.8 Å². The van der Waals surface area contributed by atoms with Gasteiger partial charge in [0.25, 0.3) is 0 Å². The van der Waals surface area contributed by atoms with E-state index in [1.54, 1.807) is 48.5 Å². The fourth-order valence-electron chi connectivity index (χ4n) is 8.11. The Morgan fingerprint density at radius 1 is 0.824 bits per heavy atom. The number of benzene rings is 4. The zero-order valence-electron chi connectivity index (χ0n) is 27.8. The number of imide groups is 1. The predicted octanol–water partition coefficient (Wildman–Crippen LogP) is 3.99. The Kier molecular flexibility index (Phi) is 9.30. The van der Waals surface area contributed by atoms with Crippen molar-refractivity contribution in [3.8, 4) is 5.75 Å². The van der Waals surface area contributed by atoms with Crippen LogP contribution in [0.1, 0.15) is 40.4 Å². The Hall–Kier alpha value is -5.56. The first-order valence-electron chi connectivity index (χ1n) is 16.7. The molecular formula is C39H37N3O9. The molecule has 12 nitrogen and oxygen atoms in total. The second-order valence-corrected chi connectivity index (χ2v) is 12.5. The third-order valence-corrected chi connectivity index (χ3v) is 9.93. The minimum atomic E-state index is -1.95. The average molecular weight is 692 g/mol. The number of rotatable bonds is 10. The number of hydrogen-bond acceptors (Lipinski definition) is 10. The number of para-hydroxylation sites is 2. The number of esters is 1. The molecule has 0 radical (unpaired) electrons. The van der Waals surface area contributed by atoms with Crippen molar-refractivity contribution in [2.75, 3.05) is 38.4 Å². The van der Waals surface area contributed by atoms with Crippen LogP contribution < -0.4 is 15.4 Å². The number of amides is 3. The second-order valence-electron chi connectivity index (χ2n) is 12.5. The Bertz CT molecular complexity index is 1940. The molecule has 3 aliphatic rings. The molecule has 0 aromatic heterocycles. The third kappa shape index (κ3) is 5.43. The number of carbonyl (C=O) groups excluding carboxylic acids is 4. The van der Waals surface area contributed by atoms with Gasteiger partial charge in [0.15, 0.2) is 0 Å². The topological polar surface area (TPSA) is 158 Å². The first kappa shape index (κ1) is 33.9. The summed E-state index contributed by atoms with van der Waals surface area (Å²) in [5.74, 6) is -3.67. The van der Waals surface area contributed by atoms with Crippen molar-refractivity contribution in [1.29, 1.82) is 0 Å². The first-order valence-corrected chi connectivity index (χ1v) is 16.7. The number of cyclic esters (lactones) is 1. The molecule has 7 rings (SSSR count). The fraction of sp³-hybridized carbons (Fsp3) is 0.282. The monoisotopic (exact) mass is 691 g/mol. The van der Waals surface area contributed by atoms with E-state index < -0.39 is 59.4 Å². The lowest BCUT2D eigenvalue weighted by Gasteiger charge is -2.46. The number of methoxy groups -OCH3 is 1. The van der Waals surface area contributed by atoms with Crippen molar-refractivity contribution in [3.63, 3.8) is 0 Å². The lowest BCUT2D eigenvalue weighted by atomic mass is 9.65. The van der Waals surface area contributed by atoms with E-state index in [-0.39, 0.29) is 32.1 Å². The van der Waals surface area contributed by atoms with Crippen LogP contribution in [0.3, 0.4) is 0 Å². The number of aliphatic hydroxyl groups excluding tert-OH is 1. The molecule has 0 aliphatic carbocycles. The van der Waals surface area contributed by atoms with Gasteiger partial charge in [-0.2, -0.15) is 0 Å². The zero-order valence-corrected chi connectivity index (χ0v) is 27.8. The van der Waals surface area contributed by atoms with Crippen molar-refractivity contribution in [2.45, 2.75) is 29.6 Å². The SMILES string of the molecule is COCCOC(=O)N1C(=O)[C@@]2(c3ccccc31)[C@H](C(N)=O)[C@H]1C(=O)O[C@H](c3ccccc3)[C@H](c3ccccc3)N1[C@@H]2c1ccccc1OCCO. The summed E-state index contributed by atoms with van der Waals surface area (Å²) in [6.45, 7) is -0.411. The summed E-state index contributed by atoms with van der Waals surface area (Å²) in [4.78, 5) is 60.7. The largest absolute Gasteiger partial charge is 0.491 e. The number of hydrogen-bond donors (Lipinski definition) is 2. The van der Waals surface area contributed by atoms with E-state index in [2.05, 4.69) is 0 Å². The van der Waals surface area contributed by atoms with Crippen molar-refractivity contribution >= 4 is 29.6 Å². The standard InChI is InChI=1S/C39H37N3O9/c1-48-22-23-50-38(47)41-28-18-10-9-17-27(28)39(37(41)46)30(35(40)44)32-36(45)51-33(25-14-6-3-7-15-25)31(24-12-4-2-5-13-24)42(32)34(39)26-16-8-11-19-29(26)49-21-20-43/h2-19,30-34,43H,20-23H2,1H3,(H2,40,44)/t30-,31-,32-,33+,34+,39-/m0/s1. The van der Waals surface area contributed by atoms with Gasteiger partial charge in [-0.15, -0.1) is 0 Å². The van der Waals surface area contributed by atoms with E-state index in [9.17, 15) is 19.5 Å². The highest BCUT2D eigenvalue weighted by Gasteiger charge is 2.75. The molecule has 51 heavy (non-hydrogen) atoms. The lowest BCUT2D eigenvalue weighted by molar-refractivity contribution is -0.178. The Labute approximate surface area is 294 Å². The molecule has 3 N–H and O–H groups in total. The molecule has 3 amide bonds. The van der Waals surface area contributed by atoms with E-state index in [4.69, 9.17) is 24.7 Å². The summed E-state index contributed by atoms with van der Waals surface area (Å²) >= 11 is 0. The van der Waals surface area contributed by atoms with Crippen LogP contribution in [0.25, 0.3) is 0 Å². The first-order chi connectivity index (χ1) is 24.9. The Morgan fingerprint density at radius 2 is 1.47 bits per heavy atom. The highest BCUT2D eigenvalue weighted by atomic mass is 16.6. The molecule has 262 valence electrons. The van der Waals surface area contributed by atoms with Crippen molar-refractivity contribution in [2.24, 2.45) is 11.7 Å². The summed E-state index contributed by atoms with van der Waals surface area (Å²) in [6, 6.07) is 29.0. The summed E-state index contributed by atoms with van der Waals surface area (Å²) in [6.07, 6.45) is -1.85. The van der Waals surface area contributed by atoms with Crippen molar-refractivity contribution in [3.05, 3.63) is 131 Å². The van der Waals surface area contributed by atoms with E-state index in [0.717, 1.165) is 10.5 Å². The van der Waals surface area contributed by atoms with Crippen LogP contribution in [0.4, 0.5) is 10.5 Å². The van der Waals surface area contributed by atoms with Gasteiger partial charge in [-0.1, -0.05) is 97.1 Å². The van der Waals surface area contributed by atoms with E-state index in [1.807, 2.05) is 65.6 Å². The van der Waals surface area contributed by atoms with Gasteiger partial charge < -0.3 is 29.8 Å². The average Bonchev–Trinajstić information content (AvgIpc) is 3.61. The van der Waals surface area contributed by atoms with Gasteiger partial charge in [-0.25, -0.2) is 9.69 Å². The highest BCUT2D eigenvalue weighted by Crippen LogP contribution is 2.66. The molecule has 2 fully saturated rings. The summed E-state index contributed by atoms with van der Waals surface area (Å²) in [7, 11) is 1.46. The molecule has 4 aromatic rings. The van der Waals surface area contributed by atoms with Gasteiger partial charge in [0.1, 0.15) is 36.5 Å². The third-order valence-electron chi connectivity index (χ3n) is 9.93. The summed E-state index contributed by atoms with van der Waals surface area (Å²) in [5, 5.41) is 9.76. The number of fused-ring (bicyclic) bond motifs is 3. The molecule has 3 aliphatic heterocycles. The number of morpholine rings is 1. The predicted molar refractivity (Wildman–Crippen MR) is 183 cm³/mol. The van der Waals surface area contributed by atoms with E-state index >= 15 is 4.79 Å². The number of nitrogens with two attached hydrogens (primary N) is 1. The molecule has 12 heteroatoms. The molecule has 1 spiro atoms. The van der Waals surface area contributed by atoms with Crippen molar-refractivity contribution < 1.29 is 43.2 Å². The number of aliphatic hydroxyl groups is 1. The molecule has 0 unspecified atom stereocenters. The maximum atomic E-state index is 15.5. The Balaban J connectivity index is 1.55. The maximum absolute atomic E-state index is 15.5. The van der Waals surface area contributed by atoms with Crippen LogP contribution in [0.15, 0.2) is 109 Å². The van der Waals surface area contributed by atoms with Gasteiger partial charge >= 0.3 is 12.1 Å². The molecule has 0 bridgehead atoms. The minimum absolute atomic E-state index is 0.0707. The quantitative estimate of drug-likeness (QED) is 0.184. The van der Waals surface area contributed by atoms with Gasteiger partial charge in [0.2, 0.25) is 11.8 Å². The number of nitrogens with zero attached hydrogens (tertiary/aromatic N) is 2. The van der Waals surface area contributed by atoms with Gasteiger partial charge in [0.05, 0.1) is 36.9 Å². The number of ether oxygens (including phenoxy) is 4. The van der Waals surface area contributed by atoms with E-state index in [1.165, 1.54) is 7.11 Å².